The molecule has 0 aliphatic rings. The van der Waals surface area contributed by atoms with Crippen LogP contribution in [-0.2, 0) is 0 Å². The van der Waals surface area contributed by atoms with Gasteiger partial charge in [-0.1, -0.05) is 72.1 Å². The highest BCUT2D eigenvalue weighted by atomic mass is 35.5. The van der Waals surface area contributed by atoms with Gasteiger partial charge in [0.15, 0.2) is 5.16 Å². The van der Waals surface area contributed by atoms with Crippen LogP contribution < -0.4 is 10.2 Å². The van der Waals surface area contributed by atoms with Crippen molar-refractivity contribution in [3.8, 4) is 11.3 Å². The molecule has 2 N–H and O–H groups in total. The van der Waals surface area contributed by atoms with Crippen molar-refractivity contribution in [3.63, 3.8) is 0 Å². The molecule has 0 aliphatic carbocycles. The lowest BCUT2D eigenvalue weighted by Crippen LogP contribution is -2.22. The third-order valence-electron chi connectivity index (χ3n) is 4.64. The summed E-state index contributed by atoms with van der Waals surface area (Å²) in [5.74, 6) is 0.599. The summed E-state index contributed by atoms with van der Waals surface area (Å²) in [6.45, 7) is 9.68. The topological polar surface area (TPSA) is 85.1 Å². The Balaban J connectivity index is 2.08. The summed E-state index contributed by atoms with van der Waals surface area (Å²) in [6.07, 6.45) is 2.36. The second kappa shape index (κ2) is 10.2. The van der Waals surface area contributed by atoms with Gasteiger partial charge in [0.2, 0.25) is 5.65 Å². The van der Waals surface area contributed by atoms with Crippen LogP contribution >= 0.6 is 23.4 Å². The predicted octanol–water partition coefficient (Wildman–Crippen LogP) is 4.82. The number of halogens is 1. The normalized spacial score (nSPS) is 12.9. The van der Waals surface area contributed by atoms with Crippen LogP contribution in [0.1, 0.15) is 13.3 Å². The molecule has 0 unspecified atom stereocenters. The first-order chi connectivity index (χ1) is 14.7. The number of fused-ring (bicyclic) bond motifs is 1. The molecule has 0 fully saturated rings. The quantitative estimate of drug-likeness (QED) is 0.186. The minimum Gasteiger partial charge on any atom is -0.395 e. The van der Waals surface area contributed by atoms with Crippen LogP contribution in [0.4, 0.5) is 5.82 Å². The van der Waals surface area contributed by atoms with E-state index < -0.39 is 14.2 Å². The molecule has 7 nitrogen and oxygen atoms in total. The first kappa shape index (κ1) is 23.8. The first-order valence-electron chi connectivity index (χ1n) is 10.3. The van der Waals surface area contributed by atoms with E-state index in [0.29, 0.717) is 40.5 Å². The third kappa shape index (κ3) is 6.12. The Morgan fingerprint density at radius 2 is 2.00 bits per heavy atom. The SMILES string of the molecule is CSc1nc(NC[C@H](C)O)c2c(-c3ccccc3Cl)nn(OCCC[Si](C)(C)C)c2n1. The van der Waals surface area contributed by atoms with Gasteiger partial charge in [-0.25, -0.2) is 4.98 Å². The van der Waals surface area contributed by atoms with Crippen molar-refractivity contribution in [2.75, 3.05) is 24.7 Å². The predicted molar refractivity (Wildman–Crippen MR) is 132 cm³/mol. The number of aromatic nitrogens is 4. The summed E-state index contributed by atoms with van der Waals surface area (Å²) in [6, 6.07) is 8.72. The summed E-state index contributed by atoms with van der Waals surface area (Å²) < 4.78 is 0. The Morgan fingerprint density at radius 1 is 1.26 bits per heavy atom. The summed E-state index contributed by atoms with van der Waals surface area (Å²) >= 11 is 7.93. The van der Waals surface area contributed by atoms with Gasteiger partial charge in [0.05, 0.1) is 16.5 Å². The molecule has 2 heterocycles. The van der Waals surface area contributed by atoms with Crippen LogP contribution in [0, 0.1) is 0 Å². The maximum absolute atomic E-state index is 9.78. The lowest BCUT2D eigenvalue weighted by atomic mass is 10.1. The highest BCUT2D eigenvalue weighted by molar-refractivity contribution is 7.98. The minimum absolute atomic E-state index is 0.351. The number of rotatable bonds is 10. The zero-order chi connectivity index (χ0) is 22.6. The number of nitrogens with one attached hydrogen (secondary N) is 1. The fourth-order valence-electron chi connectivity index (χ4n) is 3.12. The van der Waals surface area contributed by atoms with Crippen molar-refractivity contribution in [2.24, 2.45) is 0 Å². The van der Waals surface area contributed by atoms with E-state index in [-0.39, 0.29) is 0 Å². The molecule has 0 saturated carbocycles. The van der Waals surface area contributed by atoms with E-state index in [2.05, 4.69) is 34.9 Å². The fourth-order valence-corrected chi connectivity index (χ4v) is 4.91. The van der Waals surface area contributed by atoms with Crippen LogP contribution in [0.2, 0.25) is 30.7 Å². The molecule has 0 amide bonds. The summed E-state index contributed by atoms with van der Waals surface area (Å²) in [5.41, 5.74) is 2.00. The van der Waals surface area contributed by atoms with Gasteiger partial charge in [-0.15, -0.1) is 5.10 Å². The van der Waals surface area contributed by atoms with E-state index in [1.54, 1.807) is 6.92 Å². The first-order valence-corrected chi connectivity index (χ1v) is 15.7. The molecule has 1 atom stereocenters. The van der Waals surface area contributed by atoms with Crippen molar-refractivity contribution in [1.29, 1.82) is 0 Å². The number of thioether (sulfide) groups is 1. The van der Waals surface area contributed by atoms with Crippen LogP contribution in [-0.4, -0.2) is 58.6 Å². The Morgan fingerprint density at radius 3 is 2.65 bits per heavy atom. The second-order valence-corrected chi connectivity index (χ2v) is 15.5. The van der Waals surface area contributed by atoms with Crippen molar-refractivity contribution in [1.82, 2.24) is 19.9 Å². The number of hydrogen-bond donors (Lipinski definition) is 2. The number of benzene rings is 1. The summed E-state index contributed by atoms with van der Waals surface area (Å²) in [7, 11) is -1.14. The van der Waals surface area contributed by atoms with Crippen LogP contribution in [0.25, 0.3) is 22.3 Å². The summed E-state index contributed by atoms with van der Waals surface area (Å²) in [5, 5.41) is 19.6. The Bertz CT molecular complexity index is 1040. The molecule has 31 heavy (non-hydrogen) atoms. The molecule has 3 rings (SSSR count). The molecule has 3 aromatic rings. The smallest absolute Gasteiger partial charge is 0.205 e. The molecule has 0 bridgehead atoms. The van der Waals surface area contributed by atoms with Gasteiger partial charge in [0.25, 0.3) is 0 Å². The zero-order valence-electron chi connectivity index (χ0n) is 18.6. The number of aliphatic hydroxyl groups is 1. The van der Waals surface area contributed by atoms with E-state index in [1.165, 1.54) is 22.7 Å². The molecular weight excluding hydrogens is 450 g/mol. The second-order valence-electron chi connectivity index (χ2n) is 8.69. The largest absolute Gasteiger partial charge is 0.395 e. The monoisotopic (exact) mass is 479 g/mol. The molecule has 0 saturated heterocycles. The maximum Gasteiger partial charge on any atom is 0.205 e. The number of anilines is 1. The van der Waals surface area contributed by atoms with Gasteiger partial charge in [-0.2, -0.15) is 4.98 Å². The lowest BCUT2D eigenvalue weighted by Gasteiger charge is -2.15. The van der Waals surface area contributed by atoms with Gasteiger partial charge in [-0.05, 0) is 25.7 Å². The van der Waals surface area contributed by atoms with Crippen LogP contribution in [0.5, 0.6) is 0 Å². The Hall–Kier alpha value is -1.81. The van der Waals surface area contributed by atoms with E-state index in [0.717, 1.165) is 17.4 Å². The van der Waals surface area contributed by atoms with Crippen molar-refractivity contribution < 1.29 is 9.94 Å². The van der Waals surface area contributed by atoms with Gasteiger partial charge in [-0.3, -0.25) is 0 Å². The average Bonchev–Trinajstić information content (AvgIpc) is 3.07. The van der Waals surface area contributed by atoms with E-state index in [1.807, 2.05) is 30.5 Å². The molecule has 2 aromatic heterocycles. The average molecular weight is 480 g/mol. The van der Waals surface area contributed by atoms with Crippen LogP contribution in [0.3, 0.4) is 0 Å². The molecule has 168 valence electrons. The van der Waals surface area contributed by atoms with Gasteiger partial charge in [0.1, 0.15) is 18.1 Å². The maximum atomic E-state index is 9.78. The number of aliphatic hydroxyl groups excluding tert-OH is 1. The van der Waals surface area contributed by atoms with Crippen LogP contribution in [0.15, 0.2) is 29.4 Å². The molecule has 0 radical (unpaired) electrons. The zero-order valence-corrected chi connectivity index (χ0v) is 21.2. The van der Waals surface area contributed by atoms with Crippen molar-refractivity contribution >= 4 is 48.3 Å². The third-order valence-corrected chi connectivity index (χ3v) is 7.37. The van der Waals surface area contributed by atoms with E-state index in [4.69, 9.17) is 21.5 Å². The molecular formula is C21H30ClN5O2SSi. The molecule has 1 aromatic carbocycles. The Labute approximate surface area is 193 Å². The minimum atomic E-state index is -1.14. The summed E-state index contributed by atoms with van der Waals surface area (Å²) in [4.78, 5) is 16.8. The highest BCUT2D eigenvalue weighted by Gasteiger charge is 2.22. The van der Waals surface area contributed by atoms with E-state index in [9.17, 15) is 5.11 Å². The fraction of sp³-hybridized carbons (Fsp3) is 0.476. The molecule has 10 heteroatoms. The van der Waals surface area contributed by atoms with Gasteiger partial charge in [0, 0.05) is 20.2 Å². The van der Waals surface area contributed by atoms with Crippen molar-refractivity contribution in [2.45, 2.75) is 50.3 Å². The van der Waals surface area contributed by atoms with Crippen molar-refractivity contribution in [3.05, 3.63) is 29.3 Å². The van der Waals surface area contributed by atoms with Gasteiger partial charge < -0.3 is 15.3 Å². The number of hydrogen-bond acceptors (Lipinski definition) is 7. The van der Waals surface area contributed by atoms with E-state index >= 15 is 0 Å². The molecule has 0 spiro atoms. The number of nitrogens with zero attached hydrogens (tertiary/aromatic N) is 4. The lowest BCUT2D eigenvalue weighted by molar-refractivity contribution is 0.0912. The van der Waals surface area contributed by atoms with Gasteiger partial charge >= 0.3 is 0 Å². The Kier molecular flexibility index (Phi) is 7.85. The molecule has 0 aliphatic heterocycles. The highest BCUT2D eigenvalue weighted by Crippen LogP contribution is 2.36. The standard InChI is InChI=1S/C21H30ClN5O2SSi/c1-14(28)13-23-19-17-18(15-9-6-7-10-16(15)22)26-27(20(17)25-21(24-19)30-2)29-11-8-12-31(3,4)5/h6-7,9-10,14,28H,8,11-13H2,1-5H3,(H,23,24,25)/t14-/m0/s1.